The molecule has 0 unspecified atom stereocenters. The predicted molar refractivity (Wildman–Crippen MR) is 120 cm³/mol. The van der Waals surface area contributed by atoms with E-state index in [0.29, 0.717) is 6.54 Å². The Balaban J connectivity index is 1.18. The summed E-state index contributed by atoms with van der Waals surface area (Å²) in [4.78, 5) is 30.1. The van der Waals surface area contributed by atoms with Crippen LogP contribution in [0.5, 0.6) is 0 Å². The smallest absolute Gasteiger partial charge is 0.326 e. The van der Waals surface area contributed by atoms with E-state index in [1.54, 1.807) is 0 Å². The predicted octanol–water partition coefficient (Wildman–Crippen LogP) is 3.59. The number of imidazole rings is 1. The van der Waals surface area contributed by atoms with Crippen LogP contribution < -0.4 is 11.0 Å². The number of nitrogens with one attached hydrogen (secondary N) is 2. The summed E-state index contributed by atoms with van der Waals surface area (Å²) < 4.78 is 7.73. The molecule has 0 saturated carbocycles. The number of carbonyl (C=O) groups excluding carboxylic acids is 1. The third-order valence-electron chi connectivity index (χ3n) is 6.16. The Morgan fingerprint density at radius 3 is 2.71 bits per heavy atom. The first-order valence-corrected chi connectivity index (χ1v) is 10.8. The molecule has 2 aromatic heterocycles. The van der Waals surface area contributed by atoms with E-state index in [1.807, 2.05) is 66.1 Å². The average molecular weight is 418 g/mol. The molecule has 0 aliphatic carbocycles. The van der Waals surface area contributed by atoms with Gasteiger partial charge in [0.2, 0.25) is 5.91 Å². The van der Waals surface area contributed by atoms with Gasteiger partial charge in [0.25, 0.3) is 0 Å². The quantitative estimate of drug-likeness (QED) is 0.519. The first-order valence-electron chi connectivity index (χ1n) is 10.8. The number of nitrogens with zero attached hydrogens (tertiary/aromatic N) is 2. The van der Waals surface area contributed by atoms with E-state index >= 15 is 0 Å². The summed E-state index contributed by atoms with van der Waals surface area (Å²) in [5.41, 5.74) is 2.59. The highest BCUT2D eigenvalue weighted by atomic mass is 16.3. The molecule has 31 heavy (non-hydrogen) atoms. The van der Waals surface area contributed by atoms with Gasteiger partial charge in [0.1, 0.15) is 11.3 Å². The number of rotatable bonds is 5. The Labute approximate surface area is 179 Å². The molecule has 1 saturated heterocycles. The van der Waals surface area contributed by atoms with Gasteiger partial charge < -0.3 is 14.7 Å². The van der Waals surface area contributed by atoms with Crippen molar-refractivity contribution in [1.29, 1.82) is 0 Å². The number of furan rings is 1. The Kier molecular flexibility index (Phi) is 5.11. The lowest BCUT2D eigenvalue weighted by Crippen LogP contribution is -2.43. The van der Waals surface area contributed by atoms with Crippen molar-refractivity contribution >= 4 is 27.9 Å². The van der Waals surface area contributed by atoms with Crippen molar-refractivity contribution in [3.8, 4) is 0 Å². The molecule has 7 heteroatoms. The molecule has 1 aliphatic heterocycles. The molecule has 160 valence electrons. The minimum atomic E-state index is -0.192. The maximum absolute atomic E-state index is 12.6. The molecule has 0 spiro atoms. The molecule has 1 atom stereocenters. The topological polar surface area (TPSA) is 83.3 Å². The number of amides is 1. The molecule has 0 radical (unpaired) electrons. The molecule has 7 nitrogen and oxygen atoms in total. The maximum atomic E-state index is 12.6. The second kappa shape index (κ2) is 8.07. The third-order valence-corrected chi connectivity index (χ3v) is 6.16. The van der Waals surface area contributed by atoms with E-state index < -0.39 is 0 Å². The summed E-state index contributed by atoms with van der Waals surface area (Å²) in [6.07, 6.45) is 1.68. The molecule has 5 rings (SSSR count). The highest BCUT2D eigenvalue weighted by Gasteiger charge is 2.25. The molecular formula is C24H26N4O3. The van der Waals surface area contributed by atoms with Crippen LogP contribution in [-0.2, 0) is 4.79 Å². The molecule has 1 aliphatic rings. The van der Waals surface area contributed by atoms with Crippen LogP contribution in [0.25, 0.3) is 22.0 Å². The zero-order chi connectivity index (χ0) is 21.4. The molecule has 0 bridgehead atoms. The second-order valence-corrected chi connectivity index (χ2v) is 8.30. The summed E-state index contributed by atoms with van der Waals surface area (Å²) >= 11 is 0. The van der Waals surface area contributed by atoms with E-state index in [4.69, 9.17) is 4.42 Å². The third kappa shape index (κ3) is 3.88. The van der Waals surface area contributed by atoms with Crippen LogP contribution in [0.15, 0.2) is 63.8 Å². The number of aromatic nitrogens is 2. The van der Waals surface area contributed by atoms with Gasteiger partial charge in [-0.15, -0.1) is 0 Å². The van der Waals surface area contributed by atoms with Gasteiger partial charge >= 0.3 is 5.69 Å². The number of benzene rings is 2. The van der Waals surface area contributed by atoms with Gasteiger partial charge in [0, 0.05) is 24.5 Å². The monoisotopic (exact) mass is 418 g/mol. The minimum absolute atomic E-state index is 0.0179. The summed E-state index contributed by atoms with van der Waals surface area (Å²) in [6, 6.07) is 17.6. The van der Waals surface area contributed by atoms with Gasteiger partial charge in [-0.2, -0.15) is 0 Å². The number of likely N-dealkylation sites (tertiary alicyclic amines) is 1. The van der Waals surface area contributed by atoms with E-state index in [1.165, 1.54) is 0 Å². The van der Waals surface area contributed by atoms with Crippen molar-refractivity contribution in [3.63, 3.8) is 0 Å². The number of fused-ring (bicyclic) bond motifs is 2. The molecule has 1 amide bonds. The van der Waals surface area contributed by atoms with Gasteiger partial charge in [-0.3, -0.25) is 14.3 Å². The SMILES string of the molecule is C[C@H](NC(=O)CN1CCC(n2c(=O)[nH]c3ccccc32)CC1)c1cc2ccccc2o1. The zero-order valence-corrected chi connectivity index (χ0v) is 17.5. The Morgan fingerprint density at radius 1 is 1.16 bits per heavy atom. The maximum Gasteiger partial charge on any atom is 0.326 e. The van der Waals surface area contributed by atoms with Crippen LogP contribution in [-0.4, -0.2) is 40.0 Å². The molecule has 4 aromatic rings. The normalized spacial score (nSPS) is 16.7. The number of piperidine rings is 1. The van der Waals surface area contributed by atoms with Crippen molar-refractivity contribution in [2.75, 3.05) is 19.6 Å². The van der Waals surface area contributed by atoms with E-state index in [2.05, 4.69) is 15.2 Å². The zero-order valence-electron chi connectivity index (χ0n) is 17.5. The van der Waals surface area contributed by atoms with Gasteiger partial charge in [-0.05, 0) is 44.0 Å². The molecule has 1 fully saturated rings. The molecular weight excluding hydrogens is 392 g/mol. The Bertz CT molecular complexity index is 1240. The number of para-hydroxylation sites is 3. The van der Waals surface area contributed by atoms with Crippen LogP contribution in [0.1, 0.15) is 37.6 Å². The minimum Gasteiger partial charge on any atom is -0.459 e. The van der Waals surface area contributed by atoms with Crippen molar-refractivity contribution in [3.05, 3.63) is 70.8 Å². The lowest BCUT2D eigenvalue weighted by Gasteiger charge is -2.32. The van der Waals surface area contributed by atoms with Crippen LogP contribution in [0.2, 0.25) is 0 Å². The largest absolute Gasteiger partial charge is 0.459 e. The van der Waals surface area contributed by atoms with Gasteiger partial charge in [0.15, 0.2) is 0 Å². The number of H-pyrrole nitrogens is 1. The number of hydrogen-bond donors (Lipinski definition) is 2. The lowest BCUT2D eigenvalue weighted by molar-refractivity contribution is -0.123. The van der Waals surface area contributed by atoms with Crippen molar-refractivity contribution in [2.24, 2.45) is 0 Å². The number of carbonyl (C=O) groups is 1. The van der Waals surface area contributed by atoms with Crippen molar-refractivity contribution < 1.29 is 9.21 Å². The van der Waals surface area contributed by atoms with Gasteiger partial charge in [0.05, 0.1) is 23.6 Å². The standard InChI is InChI=1S/C24H26N4O3/c1-16(22-14-17-6-2-5-9-21(17)31-22)25-23(29)15-27-12-10-18(11-13-27)28-20-8-4-3-7-19(20)26-24(28)30/h2-9,14,16,18H,10-13,15H2,1H3,(H,25,29)(H,26,30)/t16-/m0/s1. The summed E-state index contributed by atoms with van der Waals surface area (Å²) in [7, 11) is 0. The molecule has 2 N–H and O–H groups in total. The highest BCUT2D eigenvalue weighted by Crippen LogP contribution is 2.25. The van der Waals surface area contributed by atoms with Crippen LogP contribution in [0.4, 0.5) is 0 Å². The summed E-state index contributed by atoms with van der Waals surface area (Å²) in [5.74, 6) is 0.739. The van der Waals surface area contributed by atoms with E-state index in [0.717, 1.165) is 53.7 Å². The Hall–Kier alpha value is -3.32. The molecule has 2 aromatic carbocycles. The molecule has 3 heterocycles. The lowest BCUT2D eigenvalue weighted by atomic mass is 10.0. The average Bonchev–Trinajstić information content (AvgIpc) is 3.35. The highest BCUT2D eigenvalue weighted by molar-refractivity contribution is 5.80. The van der Waals surface area contributed by atoms with Crippen molar-refractivity contribution in [1.82, 2.24) is 19.8 Å². The van der Waals surface area contributed by atoms with Crippen LogP contribution >= 0.6 is 0 Å². The first-order chi connectivity index (χ1) is 15.1. The van der Waals surface area contributed by atoms with Gasteiger partial charge in [-0.1, -0.05) is 30.3 Å². The van der Waals surface area contributed by atoms with Crippen LogP contribution in [0, 0.1) is 0 Å². The fraction of sp³-hybridized carbons (Fsp3) is 0.333. The van der Waals surface area contributed by atoms with E-state index in [9.17, 15) is 9.59 Å². The Morgan fingerprint density at radius 2 is 1.90 bits per heavy atom. The number of hydrogen-bond acceptors (Lipinski definition) is 4. The second-order valence-electron chi connectivity index (χ2n) is 8.30. The summed E-state index contributed by atoms with van der Waals surface area (Å²) in [5, 5.41) is 4.08. The fourth-order valence-corrected chi connectivity index (χ4v) is 4.55. The van der Waals surface area contributed by atoms with Crippen LogP contribution in [0.3, 0.4) is 0 Å². The number of aromatic amines is 1. The van der Waals surface area contributed by atoms with Gasteiger partial charge in [-0.25, -0.2) is 4.79 Å². The summed E-state index contributed by atoms with van der Waals surface area (Å²) in [6.45, 7) is 3.84. The fourth-order valence-electron chi connectivity index (χ4n) is 4.55. The first kappa shape index (κ1) is 19.6. The van der Waals surface area contributed by atoms with Crippen molar-refractivity contribution in [2.45, 2.75) is 31.8 Å². The van der Waals surface area contributed by atoms with E-state index in [-0.39, 0.29) is 23.7 Å².